The first kappa shape index (κ1) is 22.2. The number of aliphatic imine (C=N–C) groups is 1. The largest absolute Gasteiger partial charge is 0.308 e. The molecule has 1 N–H and O–H groups in total. The Bertz CT molecular complexity index is 1840. The number of rotatable bonds is 3. The zero-order valence-corrected chi connectivity index (χ0v) is 20.7. The van der Waals surface area contributed by atoms with Crippen LogP contribution in [0.5, 0.6) is 0 Å². The number of carbonyl (C=O) groups is 1. The van der Waals surface area contributed by atoms with Gasteiger partial charge < -0.3 is 4.90 Å². The van der Waals surface area contributed by atoms with Gasteiger partial charge in [-0.3, -0.25) is 14.2 Å². The smallest absolute Gasteiger partial charge is 0.272 e. The molecule has 4 heterocycles. The first-order valence-corrected chi connectivity index (χ1v) is 12.3. The lowest BCUT2D eigenvalue weighted by atomic mass is 9.96. The maximum absolute atomic E-state index is 14.1. The summed E-state index contributed by atoms with van der Waals surface area (Å²) < 4.78 is 1.42. The number of nitrogens with zero attached hydrogens (tertiary/aromatic N) is 7. The molecule has 0 bridgehead atoms. The van der Waals surface area contributed by atoms with E-state index >= 15 is 0 Å². The summed E-state index contributed by atoms with van der Waals surface area (Å²) in [6.07, 6.45) is -0.334. The van der Waals surface area contributed by atoms with Gasteiger partial charge in [0.05, 0.1) is 22.3 Å². The van der Waals surface area contributed by atoms with Crippen LogP contribution in [0.15, 0.2) is 70.5 Å². The summed E-state index contributed by atoms with van der Waals surface area (Å²) in [5.41, 5.74) is 6.46. The Morgan fingerprint density at radius 1 is 0.974 bits per heavy atom. The van der Waals surface area contributed by atoms with Gasteiger partial charge in [-0.05, 0) is 54.5 Å². The molecule has 2 aliphatic heterocycles. The molecular weight excluding hydrogens is 480 g/mol. The summed E-state index contributed by atoms with van der Waals surface area (Å²) >= 11 is 0. The predicted molar refractivity (Wildman–Crippen MR) is 142 cm³/mol. The number of aryl methyl sites for hydroxylation is 2. The van der Waals surface area contributed by atoms with E-state index in [1.165, 1.54) is 4.57 Å². The molecule has 1 atom stereocenters. The number of carbonyl (C=O) groups excluding carboxylic acids is 1. The Morgan fingerprint density at radius 2 is 1.82 bits per heavy atom. The molecule has 38 heavy (non-hydrogen) atoms. The van der Waals surface area contributed by atoms with Crippen LogP contribution in [0.4, 0.5) is 5.69 Å². The average molecular weight is 503 g/mol. The van der Waals surface area contributed by atoms with Crippen molar-refractivity contribution in [2.75, 3.05) is 11.4 Å². The zero-order valence-electron chi connectivity index (χ0n) is 20.7. The molecule has 1 amide bonds. The van der Waals surface area contributed by atoms with E-state index in [0.717, 1.165) is 34.4 Å². The van der Waals surface area contributed by atoms with E-state index in [1.807, 2.05) is 30.3 Å². The minimum absolute atomic E-state index is 0.240. The molecular formula is C28H22N8O2. The number of H-pyrrole nitrogens is 1. The molecule has 0 radical (unpaired) electrons. The van der Waals surface area contributed by atoms with Gasteiger partial charge in [-0.2, -0.15) is 0 Å². The molecule has 0 fully saturated rings. The van der Waals surface area contributed by atoms with Gasteiger partial charge in [0.15, 0.2) is 5.82 Å². The van der Waals surface area contributed by atoms with Crippen molar-refractivity contribution in [3.8, 4) is 11.4 Å². The number of hydrogen-bond donors (Lipinski definition) is 1. The van der Waals surface area contributed by atoms with Crippen molar-refractivity contribution in [1.82, 2.24) is 30.2 Å². The fourth-order valence-electron chi connectivity index (χ4n) is 5.52. The molecule has 10 nitrogen and oxygen atoms in total. The molecule has 2 aromatic heterocycles. The van der Waals surface area contributed by atoms with Crippen LogP contribution in [0.3, 0.4) is 0 Å². The molecule has 7 rings (SSSR count). The van der Waals surface area contributed by atoms with Crippen molar-refractivity contribution in [3.63, 3.8) is 0 Å². The fourth-order valence-corrected chi connectivity index (χ4v) is 5.52. The van der Waals surface area contributed by atoms with E-state index < -0.39 is 6.17 Å². The third kappa shape index (κ3) is 3.30. The Hall–Kier alpha value is -4.99. The molecule has 0 aliphatic carbocycles. The van der Waals surface area contributed by atoms with Gasteiger partial charge in [0, 0.05) is 23.2 Å². The minimum atomic E-state index is -1.09. The van der Waals surface area contributed by atoms with Gasteiger partial charge in [-0.15, -0.1) is 5.10 Å². The SMILES string of the molecule is Cc1cc2c3c(c1)C(c1ccccc1)=NC(n1c(C)nc4cc(-c5nnn[nH]5)ccc4c1=O)C(=O)N3CC2. The molecule has 10 heteroatoms. The highest BCUT2D eigenvalue weighted by atomic mass is 16.2. The van der Waals surface area contributed by atoms with E-state index in [4.69, 9.17) is 9.98 Å². The third-order valence-electron chi connectivity index (χ3n) is 7.19. The van der Waals surface area contributed by atoms with Crippen molar-refractivity contribution in [2.24, 2.45) is 4.99 Å². The quantitative estimate of drug-likeness (QED) is 0.405. The summed E-state index contributed by atoms with van der Waals surface area (Å²) in [6.45, 7) is 4.32. The van der Waals surface area contributed by atoms with Gasteiger partial charge >= 0.3 is 0 Å². The number of hydrogen-bond acceptors (Lipinski definition) is 7. The van der Waals surface area contributed by atoms with Crippen molar-refractivity contribution < 1.29 is 4.79 Å². The Kier molecular flexibility index (Phi) is 4.84. The normalized spacial score (nSPS) is 16.5. The van der Waals surface area contributed by atoms with Crippen LogP contribution in [0.1, 0.15) is 34.2 Å². The zero-order chi connectivity index (χ0) is 26.0. The van der Waals surface area contributed by atoms with Crippen LogP contribution < -0.4 is 10.5 Å². The summed E-state index contributed by atoms with van der Waals surface area (Å²) in [5.74, 6) is 0.631. The van der Waals surface area contributed by atoms with E-state index in [9.17, 15) is 9.59 Å². The second kappa shape index (κ2) is 8.27. The Balaban J connectivity index is 1.46. The fraction of sp³-hybridized carbons (Fsp3) is 0.179. The highest BCUT2D eigenvalue weighted by molar-refractivity contribution is 6.20. The average Bonchev–Trinajstić information content (AvgIpc) is 3.58. The number of benzene rings is 3. The summed E-state index contributed by atoms with van der Waals surface area (Å²) in [7, 11) is 0. The standard InChI is InChI=1S/C28H22N8O2/c1-15-12-18-10-11-35-24(18)21(13-15)23(17-6-4-3-5-7-17)30-26(28(35)38)36-16(2)29-22-14-19(25-31-33-34-32-25)8-9-20(22)27(36)37/h3-9,12-14,26H,10-11H2,1-2H3,(H,31,32,33,34). The van der Waals surface area contributed by atoms with Gasteiger partial charge in [-0.1, -0.05) is 48.0 Å². The number of aromatic nitrogens is 6. The van der Waals surface area contributed by atoms with Gasteiger partial charge in [-0.25, -0.2) is 15.1 Å². The Morgan fingerprint density at radius 3 is 2.61 bits per heavy atom. The highest BCUT2D eigenvalue weighted by Gasteiger charge is 2.38. The molecule has 0 saturated carbocycles. The minimum Gasteiger partial charge on any atom is -0.308 e. The monoisotopic (exact) mass is 502 g/mol. The van der Waals surface area contributed by atoms with Gasteiger partial charge in [0.25, 0.3) is 11.5 Å². The first-order chi connectivity index (χ1) is 18.5. The summed E-state index contributed by atoms with van der Waals surface area (Å²) in [4.78, 5) is 39.5. The van der Waals surface area contributed by atoms with E-state index in [1.54, 1.807) is 30.0 Å². The number of tetrazole rings is 1. The van der Waals surface area contributed by atoms with Crippen LogP contribution in [-0.4, -0.2) is 48.3 Å². The second-order valence-corrected chi connectivity index (χ2v) is 9.59. The molecule has 0 saturated heterocycles. The number of nitrogens with one attached hydrogen (secondary N) is 1. The first-order valence-electron chi connectivity index (χ1n) is 12.3. The van der Waals surface area contributed by atoms with Crippen molar-refractivity contribution in [3.05, 3.63) is 99.1 Å². The van der Waals surface area contributed by atoms with E-state index in [2.05, 4.69) is 39.7 Å². The number of fused-ring (bicyclic) bond motifs is 1. The van der Waals surface area contributed by atoms with E-state index in [0.29, 0.717) is 40.4 Å². The van der Waals surface area contributed by atoms with Crippen molar-refractivity contribution >= 4 is 28.2 Å². The second-order valence-electron chi connectivity index (χ2n) is 9.59. The number of anilines is 1. The third-order valence-corrected chi connectivity index (χ3v) is 7.19. The van der Waals surface area contributed by atoms with Crippen molar-refractivity contribution in [1.29, 1.82) is 0 Å². The van der Waals surface area contributed by atoms with Crippen LogP contribution in [0, 0.1) is 13.8 Å². The summed E-state index contributed by atoms with van der Waals surface area (Å²) in [5, 5.41) is 14.3. The molecule has 3 aromatic carbocycles. The van der Waals surface area contributed by atoms with Crippen molar-refractivity contribution in [2.45, 2.75) is 26.4 Å². The highest BCUT2D eigenvalue weighted by Crippen LogP contribution is 2.39. The number of amides is 1. The van der Waals surface area contributed by atoms with Crippen LogP contribution in [0.25, 0.3) is 22.3 Å². The van der Waals surface area contributed by atoms with Crippen LogP contribution in [-0.2, 0) is 11.2 Å². The summed E-state index contributed by atoms with van der Waals surface area (Å²) in [6, 6.07) is 19.2. The van der Waals surface area contributed by atoms with Gasteiger partial charge in [0.1, 0.15) is 5.82 Å². The van der Waals surface area contributed by atoms with E-state index in [-0.39, 0.29) is 11.5 Å². The molecule has 2 aliphatic rings. The van der Waals surface area contributed by atoms with Crippen LogP contribution >= 0.6 is 0 Å². The molecule has 1 unspecified atom stereocenters. The lowest BCUT2D eigenvalue weighted by molar-refractivity contribution is -0.121. The Labute approximate surface area is 216 Å². The molecule has 0 spiro atoms. The lowest BCUT2D eigenvalue weighted by Crippen LogP contribution is -2.39. The molecule has 186 valence electrons. The van der Waals surface area contributed by atoms with Crippen LogP contribution in [0.2, 0.25) is 0 Å². The maximum atomic E-state index is 14.1. The predicted octanol–water partition coefficient (Wildman–Crippen LogP) is 3.13. The van der Waals surface area contributed by atoms with Gasteiger partial charge in [0.2, 0.25) is 6.17 Å². The topological polar surface area (TPSA) is 122 Å². The maximum Gasteiger partial charge on any atom is 0.272 e. The lowest BCUT2D eigenvalue weighted by Gasteiger charge is -2.23. The number of aromatic amines is 1. The molecule has 5 aromatic rings.